The maximum atomic E-state index is 10.9. The lowest BCUT2D eigenvalue weighted by Crippen LogP contribution is -2.27. The highest BCUT2D eigenvalue weighted by Crippen LogP contribution is 2.47. The van der Waals surface area contributed by atoms with Gasteiger partial charge in [-0.05, 0) is 18.4 Å². The molecule has 0 aromatic heterocycles. The average molecular weight is 327 g/mol. The van der Waals surface area contributed by atoms with Crippen molar-refractivity contribution in [2.24, 2.45) is 5.14 Å². The molecule has 2 aliphatic rings. The minimum absolute atomic E-state index is 0.00767. The molecule has 1 heterocycles. The molecule has 1 aromatic rings. The van der Waals surface area contributed by atoms with Gasteiger partial charge in [0.2, 0.25) is 0 Å². The molecule has 7 heteroatoms. The summed E-state index contributed by atoms with van der Waals surface area (Å²) in [5.74, 6) is -0.521. The normalized spacial score (nSPS) is 27.5. The molecule has 1 aliphatic heterocycles. The van der Waals surface area contributed by atoms with E-state index >= 15 is 0 Å². The second kappa shape index (κ2) is 6.25. The van der Waals surface area contributed by atoms with E-state index < -0.39 is 16.1 Å². The predicted octanol–water partition coefficient (Wildman–Crippen LogP) is 2.02. The lowest BCUT2D eigenvalue weighted by atomic mass is 10.0. The number of benzene rings is 1. The van der Waals surface area contributed by atoms with Crippen LogP contribution >= 0.6 is 0 Å². The molecule has 2 N–H and O–H groups in total. The van der Waals surface area contributed by atoms with E-state index in [0.29, 0.717) is 6.42 Å². The van der Waals surface area contributed by atoms with Crippen LogP contribution < -0.4 is 5.14 Å². The summed E-state index contributed by atoms with van der Waals surface area (Å²) in [7, 11) is -3.92. The first-order valence-corrected chi connectivity index (χ1v) is 9.02. The van der Waals surface area contributed by atoms with Crippen molar-refractivity contribution >= 4 is 10.3 Å². The van der Waals surface area contributed by atoms with Gasteiger partial charge in [0.1, 0.15) is 6.10 Å². The van der Waals surface area contributed by atoms with Gasteiger partial charge < -0.3 is 9.47 Å². The molecule has 0 radical (unpaired) electrons. The Hall–Kier alpha value is -0.990. The summed E-state index contributed by atoms with van der Waals surface area (Å²) < 4.78 is 38.8. The van der Waals surface area contributed by atoms with E-state index in [0.717, 1.165) is 31.2 Å². The molecule has 0 amide bonds. The first-order chi connectivity index (χ1) is 10.5. The number of rotatable bonds is 5. The number of ether oxygens (including phenoxy) is 2. The highest BCUT2D eigenvalue weighted by Gasteiger charge is 2.49. The van der Waals surface area contributed by atoms with Crippen LogP contribution in [0.5, 0.6) is 0 Å². The Morgan fingerprint density at radius 3 is 2.50 bits per heavy atom. The average Bonchev–Trinajstić information content (AvgIpc) is 3.07. The van der Waals surface area contributed by atoms with Crippen molar-refractivity contribution in [3.8, 4) is 0 Å². The first kappa shape index (κ1) is 15.9. The summed E-state index contributed by atoms with van der Waals surface area (Å²) in [5.41, 5.74) is 1.03. The molecule has 122 valence electrons. The zero-order chi connectivity index (χ0) is 15.6. The molecule has 2 fully saturated rings. The van der Waals surface area contributed by atoms with Gasteiger partial charge in [0.05, 0.1) is 12.7 Å². The molecule has 1 saturated heterocycles. The molecule has 2 atom stereocenters. The van der Waals surface area contributed by atoms with Gasteiger partial charge in [-0.15, -0.1) is 0 Å². The summed E-state index contributed by atoms with van der Waals surface area (Å²) >= 11 is 0. The minimum atomic E-state index is -3.92. The van der Waals surface area contributed by atoms with Crippen LogP contribution in [0.15, 0.2) is 30.3 Å². The fourth-order valence-corrected chi connectivity index (χ4v) is 3.57. The Kier molecular flexibility index (Phi) is 4.52. The fourth-order valence-electron chi connectivity index (χ4n) is 3.24. The predicted molar refractivity (Wildman–Crippen MR) is 80.0 cm³/mol. The van der Waals surface area contributed by atoms with Crippen molar-refractivity contribution < 1.29 is 22.1 Å². The van der Waals surface area contributed by atoms with Gasteiger partial charge >= 0.3 is 10.3 Å². The van der Waals surface area contributed by atoms with Crippen LogP contribution in [0.3, 0.4) is 0 Å². The monoisotopic (exact) mass is 327 g/mol. The standard InChI is InChI=1S/C15H21NO5S/c16-22(17,18)19-11-8-13-14(12-6-2-1-3-7-12)21-15(20-13)9-4-5-10-15/h1-3,6-7,13-14H,4-5,8-11H2,(H2,16,17,18)/t13-,14-/m0/s1. The number of hydrogen-bond donors (Lipinski definition) is 1. The van der Waals surface area contributed by atoms with Crippen molar-refractivity contribution in [3.63, 3.8) is 0 Å². The zero-order valence-electron chi connectivity index (χ0n) is 12.3. The van der Waals surface area contributed by atoms with E-state index in [1.54, 1.807) is 0 Å². The van der Waals surface area contributed by atoms with Crippen molar-refractivity contribution in [1.29, 1.82) is 0 Å². The van der Waals surface area contributed by atoms with Crippen LogP contribution in [0.2, 0.25) is 0 Å². The van der Waals surface area contributed by atoms with Crippen molar-refractivity contribution in [3.05, 3.63) is 35.9 Å². The molecular weight excluding hydrogens is 306 g/mol. The zero-order valence-corrected chi connectivity index (χ0v) is 13.1. The van der Waals surface area contributed by atoms with E-state index in [2.05, 4.69) is 4.18 Å². The second-order valence-electron chi connectivity index (χ2n) is 5.83. The summed E-state index contributed by atoms with van der Waals surface area (Å²) in [6.45, 7) is -0.00767. The molecule has 1 spiro atoms. The maximum Gasteiger partial charge on any atom is 0.333 e. The highest BCUT2D eigenvalue weighted by molar-refractivity contribution is 7.84. The molecule has 1 aromatic carbocycles. The van der Waals surface area contributed by atoms with Gasteiger partial charge in [0.15, 0.2) is 5.79 Å². The molecule has 6 nitrogen and oxygen atoms in total. The Bertz CT molecular complexity index is 598. The number of nitrogens with two attached hydrogens (primary N) is 1. The summed E-state index contributed by atoms with van der Waals surface area (Å²) in [6.07, 6.45) is 3.90. The van der Waals surface area contributed by atoms with Crippen LogP contribution in [0.25, 0.3) is 0 Å². The fraction of sp³-hybridized carbons (Fsp3) is 0.600. The minimum Gasteiger partial charge on any atom is -0.344 e. The quantitative estimate of drug-likeness (QED) is 0.894. The van der Waals surface area contributed by atoms with Crippen LogP contribution in [-0.2, 0) is 24.0 Å². The molecular formula is C15H21NO5S. The smallest absolute Gasteiger partial charge is 0.333 e. The van der Waals surface area contributed by atoms with E-state index in [1.807, 2.05) is 30.3 Å². The van der Waals surface area contributed by atoms with Crippen LogP contribution in [0, 0.1) is 0 Å². The first-order valence-electron chi connectivity index (χ1n) is 7.55. The Labute approximate surface area is 130 Å². The SMILES string of the molecule is NS(=O)(=O)OCC[C@@H]1OC2(CCCC2)O[C@H]1c1ccccc1. The third-order valence-corrected chi connectivity index (χ3v) is 4.68. The highest BCUT2D eigenvalue weighted by atomic mass is 32.2. The van der Waals surface area contributed by atoms with Crippen molar-refractivity contribution in [1.82, 2.24) is 0 Å². The third-order valence-electron chi connectivity index (χ3n) is 4.19. The largest absolute Gasteiger partial charge is 0.344 e. The van der Waals surface area contributed by atoms with Gasteiger partial charge in [0.25, 0.3) is 0 Å². The Morgan fingerprint density at radius 2 is 1.86 bits per heavy atom. The Morgan fingerprint density at radius 1 is 1.18 bits per heavy atom. The summed E-state index contributed by atoms with van der Waals surface area (Å²) in [5, 5.41) is 4.86. The summed E-state index contributed by atoms with van der Waals surface area (Å²) in [4.78, 5) is 0. The molecule has 22 heavy (non-hydrogen) atoms. The van der Waals surface area contributed by atoms with Crippen LogP contribution in [0.4, 0.5) is 0 Å². The van der Waals surface area contributed by atoms with Crippen LogP contribution in [-0.4, -0.2) is 26.9 Å². The molecule has 1 aliphatic carbocycles. The van der Waals surface area contributed by atoms with Gasteiger partial charge in [-0.1, -0.05) is 30.3 Å². The van der Waals surface area contributed by atoms with E-state index in [-0.39, 0.29) is 18.8 Å². The van der Waals surface area contributed by atoms with Gasteiger partial charge in [0, 0.05) is 19.3 Å². The van der Waals surface area contributed by atoms with Gasteiger partial charge in [-0.3, -0.25) is 4.18 Å². The van der Waals surface area contributed by atoms with E-state index in [9.17, 15) is 8.42 Å². The van der Waals surface area contributed by atoms with Gasteiger partial charge in [-0.2, -0.15) is 8.42 Å². The third kappa shape index (κ3) is 3.67. The molecule has 1 saturated carbocycles. The van der Waals surface area contributed by atoms with Crippen LogP contribution in [0.1, 0.15) is 43.8 Å². The summed E-state index contributed by atoms with van der Waals surface area (Å²) in [6, 6.07) is 9.85. The maximum absolute atomic E-state index is 10.9. The second-order valence-corrected chi connectivity index (χ2v) is 7.05. The molecule has 3 rings (SSSR count). The number of hydrogen-bond acceptors (Lipinski definition) is 5. The lowest BCUT2D eigenvalue weighted by Gasteiger charge is -2.22. The topological polar surface area (TPSA) is 87.9 Å². The van der Waals surface area contributed by atoms with Gasteiger partial charge in [-0.25, -0.2) is 5.14 Å². The van der Waals surface area contributed by atoms with Crippen molar-refractivity contribution in [2.75, 3.05) is 6.61 Å². The van der Waals surface area contributed by atoms with E-state index in [4.69, 9.17) is 14.6 Å². The lowest BCUT2D eigenvalue weighted by molar-refractivity contribution is -0.170. The molecule has 0 bridgehead atoms. The van der Waals surface area contributed by atoms with Crippen molar-refractivity contribution in [2.45, 2.75) is 50.1 Å². The molecule has 0 unspecified atom stereocenters. The van der Waals surface area contributed by atoms with E-state index in [1.165, 1.54) is 0 Å². The Balaban J connectivity index is 1.72.